The number of rotatable bonds is 5. The molecule has 0 fully saturated rings. The second kappa shape index (κ2) is 4.86. The Bertz CT molecular complexity index is 452. The zero-order valence-corrected chi connectivity index (χ0v) is 9.58. The minimum atomic E-state index is -1.15. The van der Waals surface area contributed by atoms with E-state index >= 15 is 0 Å². The summed E-state index contributed by atoms with van der Waals surface area (Å²) in [5.74, 6) is -2.21. The standard InChI is InChI=1S/C10H14N2O5/c1-6-7(2)12(17)5-11(6)8(10(15)16)3-4-9(13)14/h5,8H,3-4H2,1-2H3,(H,13,14)(H,15,16)/t8-/m1/s1. The molecule has 0 aliphatic heterocycles. The molecule has 7 heteroatoms. The van der Waals surface area contributed by atoms with Crippen molar-refractivity contribution in [3.05, 3.63) is 22.9 Å². The van der Waals surface area contributed by atoms with Crippen molar-refractivity contribution in [2.24, 2.45) is 0 Å². The summed E-state index contributed by atoms with van der Waals surface area (Å²) in [4.78, 5) is 21.5. The Labute approximate surface area is 97.5 Å². The average Bonchev–Trinajstić information content (AvgIpc) is 2.46. The second-order valence-corrected chi connectivity index (χ2v) is 3.81. The van der Waals surface area contributed by atoms with Crippen molar-refractivity contribution < 1.29 is 24.5 Å². The highest BCUT2D eigenvalue weighted by Crippen LogP contribution is 2.17. The van der Waals surface area contributed by atoms with Crippen molar-refractivity contribution in [2.75, 3.05) is 0 Å². The molecule has 94 valence electrons. The Morgan fingerprint density at radius 1 is 1.47 bits per heavy atom. The Hall–Kier alpha value is -2.05. The first-order valence-electron chi connectivity index (χ1n) is 5.06. The number of aliphatic carboxylic acids is 2. The fraction of sp³-hybridized carbons (Fsp3) is 0.500. The molecule has 1 atom stereocenters. The van der Waals surface area contributed by atoms with Gasteiger partial charge in [-0.05, 0) is 0 Å². The first-order chi connectivity index (χ1) is 7.84. The molecule has 1 aromatic heterocycles. The molecule has 2 N–H and O–H groups in total. The van der Waals surface area contributed by atoms with Gasteiger partial charge in [-0.2, -0.15) is 0 Å². The second-order valence-electron chi connectivity index (χ2n) is 3.81. The van der Waals surface area contributed by atoms with Crippen LogP contribution in [0.25, 0.3) is 0 Å². The van der Waals surface area contributed by atoms with Gasteiger partial charge in [0, 0.05) is 26.7 Å². The van der Waals surface area contributed by atoms with Crippen molar-refractivity contribution in [2.45, 2.75) is 32.7 Å². The molecule has 1 heterocycles. The van der Waals surface area contributed by atoms with E-state index in [-0.39, 0.29) is 12.8 Å². The van der Waals surface area contributed by atoms with Crippen LogP contribution < -0.4 is 4.73 Å². The number of carboxylic acids is 2. The Balaban J connectivity index is 3.01. The number of carboxylic acid groups (broad SMARTS) is 2. The largest absolute Gasteiger partial charge is 0.711 e. The third-order valence-electron chi connectivity index (χ3n) is 2.72. The van der Waals surface area contributed by atoms with Crippen molar-refractivity contribution in [1.82, 2.24) is 4.57 Å². The van der Waals surface area contributed by atoms with Gasteiger partial charge in [0.25, 0.3) is 0 Å². The fourth-order valence-corrected chi connectivity index (χ4v) is 1.59. The lowest BCUT2D eigenvalue weighted by Crippen LogP contribution is -2.27. The van der Waals surface area contributed by atoms with Gasteiger partial charge in [-0.15, -0.1) is 0 Å². The van der Waals surface area contributed by atoms with E-state index in [0.717, 1.165) is 6.33 Å². The van der Waals surface area contributed by atoms with E-state index < -0.39 is 18.0 Å². The van der Waals surface area contributed by atoms with Crippen LogP contribution in [-0.2, 0) is 9.59 Å². The number of imidazole rings is 1. The maximum Gasteiger partial charge on any atom is 0.349 e. The molecule has 0 saturated carbocycles. The van der Waals surface area contributed by atoms with Gasteiger partial charge in [0.05, 0.1) is 0 Å². The van der Waals surface area contributed by atoms with E-state index in [2.05, 4.69) is 0 Å². The van der Waals surface area contributed by atoms with E-state index in [9.17, 15) is 14.8 Å². The zero-order valence-electron chi connectivity index (χ0n) is 9.58. The van der Waals surface area contributed by atoms with Crippen LogP contribution in [0.4, 0.5) is 0 Å². The molecule has 17 heavy (non-hydrogen) atoms. The highest BCUT2D eigenvalue weighted by atomic mass is 16.5. The van der Waals surface area contributed by atoms with E-state index in [1.807, 2.05) is 0 Å². The summed E-state index contributed by atoms with van der Waals surface area (Å²) in [7, 11) is 0. The van der Waals surface area contributed by atoms with Gasteiger partial charge in [-0.3, -0.25) is 4.79 Å². The topological polar surface area (TPSA) is 106 Å². The molecule has 0 saturated heterocycles. The quantitative estimate of drug-likeness (QED) is 0.567. The Kier molecular flexibility index (Phi) is 3.72. The molecule has 0 radical (unpaired) electrons. The fourth-order valence-electron chi connectivity index (χ4n) is 1.59. The Morgan fingerprint density at radius 3 is 2.41 bits per heavy atom. The van der Waals surface area contributed by atoms with Crippen LogP contribution in [0.2, 0.25) is 0 Å². The summed E-state index contributed by atoms with van der Waals surface area (Å²) in [6, 6.07) is -1.03. The summed E-state index contributed by atoms with van der Waals surface area (Å²) in [5, 5.41) is 28.9. The first-order valence-corrected chi connectivity index (χ1v) is 5.06. The van der Waals surface area contributed by atoms with E-state index in [0.29, 0.717) is 16.1 Å². The molecular formula is C10H14N2O5. The molecule has 0 amide bonds. The first kappa shape index (κ1) is 13.0. The summed E-state index contributed by atoms with van der Waals surface area (Å²) < 4.78 is 1.87. The van der Waals surface area contributed by atoms with Gasteiger partial charge < -0.3 is 15.4 Å². The third-order valence-corrected chi connectivity index (χ3v) is 2.72. The summed E-state index contributed by atoms with van der Waals surface area (Å²) in [6.07, 6.45) is 0.817. The Morgan fingerprint density at radius 2 is 2.06 bits per heavy atom. The van der Waals surface area contributed by atoms with Crippen LogP contribution in [0.1, 0.15) is 30.3 Å². The van der Waals surface area contributed by atoms with Crippen molar-refractivity contribution >= 4 is 11.9 Å². The number of carbonyl (C=O) groups is 2. The van der Waals surface area contributed by atoms with Gasteiger partial charge in [0.1, 0.15) is 11.4 Å². The van der Waals surface area contributed by atoms with Crippen LogP contribution in [0.15, 0.2) is 6.33 Å². The highest BCUT2D eigenvalue weighted by Gasteiger charge is 2.28. The SMILES string of the molecule is Cc1c(C)[n+]([O-])cn1[C@H](CCC(=O)O)C(=O)O. The number of hydrogen-bond donors (Lipinski definition) is 2. The smallest absolute Gasteiger partial charge is 0.349 e. The lowest BCUT2D eigenvalue weighted by molar-refractivity contribution is -0.611. The van der Waals surface area contributed by atoms with Gasteiger partial charge in [-0.25, -0.2) is 14.1 Å². The van der Waals surface area contributed by atoms with Crippen LogP contribution in [-0.4, -0.2) is 26.7 Å². The molecule has 0 unspecified atom stereocenters. The number of hydrogen-bond acceptors (Lipinski definition) is 3. The summed E-state index contributed by atoms with van der Waals surface area (Å²) in [6.45, 7) is 3.20. The van der Waals surface area contributed by atoms with Crippen LogP contribution in [0, 0.1) is 19.1 Å². The highest BCUT2D eigenvalue weighted by molar-refractivity contribution is 5.73. The van der Waals surface area contributed by atoms with E-state index in [4.69, 9.17) is 10.2 Å². The minimum Gasteiger partial charge on any atom is -0.711 e. The number of nitrogens with zero attached hydrogens (tertiary/aromatic N) is 2. The van der Waals surface area contributed by atoms with Crippen molar-refractivity contribution in [3.8, 4) is 0 Å². The molecule has 1 rings (SSSR count). The van der Waals surface area contributed by atoms with Crippen molar-refractivity contribution in [3.63, 3.8) is 0 Å². The molecule has 0 aliphatic carbocycles. The van der Waals surface area contributed by atoms with Crippen molar-refractivity contribution in [1.29, 1.82) is 0 Å². The summed E-state index contributed by atoms with van der Waals surface area (Å²) in [5.41, 5.74) is 0.935. The molecule has 0 spiro atoms. The number of aromatic nitrogens is 2. The van der Waals surface area contributed by atoms with Gasteiger partial charge >= 0.3 is 11.9 Å². The average molecular weight is 242 g/mol. The third kappa shape index (κ3) is 2.74. The monoisotopic (exact) mass is 242 g/mol. The van der Waals surface area contributed by atoms with Gasteiger partial charge in [-0.1, -0.05) is 0 Å². The molecule has 0 aliphatic rings. The van der Waals surface area contributed by atoms with Crippen LogP contribution in [0.5, 0.6) is 0 Å². The molecule has 1 aromatic rings. The maximum absolute atomic E-state index is 11.3. The normalized spacial score (nSPS) is 12.4. The lowest BCUT2D eigenvalue weighted by Gasteiger charge is -2.08. The molecule has 0 aromatic carbocycles. The zero-order chi connectivity index (χ0) is 13.2. The van der Waals surface area contributed by atoms with Gasteiger partial charge in [0.2, 0.25) is 6.33 Å². The molecule has 0 bridgehead atoms. The maximum atomic E-state index is 11.3. The van der Waals surface area contributed by atoms with Gasteiger partial charge in [0.15, 0.2) is 6.04 Å². The van der Waals surface area contributed by atoms with E-state index in [1.165, 1.54) is 4.57 Å². The van der Waals surface area contributed by atoms with Crippen LogP contribution >= 0.6 is 0 Å². The molecule has 7 nitrogen and oxygen atoms in total. The van der Waals surface area contributed by atoms with E-state index in [1.54, 1.807) is 13.8 Å². The minimum absolute atomic E-state index is 0.0559. The lowest BCUT2D eigenvalue weighted by atomic mass is 10.1. The van der Waals surface area contributed by atoms with Crippen LogP contribution in [0.3, 0.4) is 0 Å². The predicted molar refractivity (Wildman–Crippen MR) is 56.4 cm³/mol. The predicted octanol–water partition coefficient (Wildman–Crippen LogP) is 0.229. The summed E-state index contributed by atoms with van der Waals surface area (Å²) >= 11 is 0. The molecular weight excluding hydrogens is 228 g/mol.